The molecular formula is C25H24N2O7S. The van der Waals surface area contributed by atoms with Crippen molar-refractivity contribution in [3.05, 3.63) is 77.4 Å². The Kier molecular flexibility index (Phi) is 6.92. The van der Waals surface area contributed by atoms with Crippen LogP contribution >= 0.6 is 0 Å². The number of fused-ring (bicyclic) bond motifs is 1. The lowest BCUT2D eigenvalue weighted by atomic mass is 10.1. The molecule has 0 spiro atoms. The highest BCUT2D eigenvalue weighted by molar-refractivity contribution is 7.92. The zero-order valence-corrected chi connectivity index (χ0v) is 20.0. The van der Waals surface area contributed by atoms with Gasteiger partial charge in [0.1, 0.15) is 13.2 Å². The van der Waals surface area contributed by atoms with E-state index in [1.165, 1.54) is 36.4 Å². The van der Waals surface area contributed by atoms with Gasteiger partial charge < -0.3 is 19.5 Å². The minimum Gasteiger partial charge on any atom is -0.486 e. The second kappa shape index (κ2) is 10.1. The summed E-state index contributed by atoms with van der Waals surface area (Å²) in [5.74, 6) is -0.323. The number of carbonyl (C=O) groups is 2. The molecule has 9 nitrogen and oxygen atoms in total. The van der Waals surface area contributed by atoms with Crippen molar-refractivity contribution in [1.82, 2.24) is 0 Å². The van der Waals surface area contributed by atoms with Crippen LogP contribution in [0.2, 0.25) is 0 Å². The topological polar surface area (TPSA) is 120 Å². The molecule has 2 N–H and O–H groups in total. The fraction of sp³-hybridized carbons (Fsp3) is 0.200. The summed E-state index contributed by atoms with van der Waals surface area (Å²) in [6.07, 6.45) is 0. The highest BCUT2D eigenvalue weighted by atomic mass is 32.2. The maximum Gasteiger partial charge on any atom is 0.338 e. The third kappa shape index (κ3) is 5.90. The van der Waals surface area contributed by atoms with Gasteiger partial charge in [0.2, 0.25) is 0 Å². The van der Waals surface area contributed by atoms with Gasteiger partial charge in [-0.25, -0.2) is 13.2 Å². The van der Waals surface area contributed by atoms with E-state index in [-0.39, 0.29) is 16.1 Å². The first-order valence-electron chi connectivity index (χ1n) is 10.8. The van der Waals surface area contributed by atoms with E-state index < -0.39 is 28.5 Å². The van der Waals surface area contributed by atoms with Crippen molar-refractivity contribution >= 4 is 33.3 Å². The van der Waals surface area contributed by atoms with E-state index >= 15 is 0 Å². The zero-order chi connectivity index (χ0) is 25.0. The largest absolute Gasteiger partial charge is 0.486 e. The van der Waals surface area contributed by atoms with Gasteiger partial charge in [-0.1, -0.05) is 17.7 Å². The van der Waals surface area contributed by atoms with Gasteiger partial charge in [0.15, 0.2) is 18.1 Å². The van der Waals surface area contributed by atoms with Crippen LogP contribution < -0.4 is 19.5 Å². The van der Waals surface area contributed by atoms with Crippen LogP contribution in [-0.2, 0) is 19.6 Å². The summed E-state index contributed by atoms with van der Waals surface area (Å²) in [6.45, 7) is 4.12. The van der Waals surface area contributed by atoms with Gasteiger partial charge in [0.25, 0.3) is 15.9 Å². The maximum absolute atomic E-state index is 12.7. The minimum atomic E-state index is -3.89. The number of aryl methyl sites for hydroxylation is 2. The molecule has 0 unspecified atom stereocenters. The standard InChI is InChI=1S/C25H24N2O7S/c1-16-3-9-21(17(2)13-16)26-24(28)15-34-25(29)18-4-6-19(7-5-18)27-35(30,31)20-8-10-22-23(14-20)33-12-11-32-22/h3-10,13-14,27H,11-12,15H2,1-2H3,(H,26,28). The van der Waals surface area contributed by atoms with Crippen molar-refractivity contribution in [3.63, 3.8) is 0 Å². The van der Waals surface area contributed by atoms with E-state index in [0.29, 0.717) is 30.4 Å². The first-order chi connectivity index (χ1) is 16.7. The van der Waals surface area contributed by atoms with Crippen molar-refractivity contribution in [2.45, 2.75) is 18.7 Å². The Morgan fingerprint density at radius 1 is 0.914 bits per heavy atom. The average Bonchev–Trinajstić information content (AvgIpc) is 2.84. The molecule has 1 aliphatic heterocycles. The number of sulfonamides is 1. The molecule has 4 rings (SSSR count). The highest BCUT2D eigenvalue weighted by Gasteiger charge is 2.20. The molecule has 1 amide bonds. The van der Waals surface area contributed by atoms with E-state index in [1.807, 2.05) is 26.0 Å². The molecule has 3 aromatic rings. The summed E-state index contributed by atoms with van der Waals surface area (Å²) in [7, 11) is -3.89. The van der Waals surface area contributed by atoms with E-state index in [1.54, 1.807) is 12.1 Å². The average molecular weight is 497 g/mol. The van der Waals surface area contributed by atoms with E-state index in [4.69, 9.17) is 14.2 Å². The quantitative estimate of drug-likeness (QED) is 0.479. The number of ether oxygens (including phenoxy) is 3. The zero-order valence-electron chi connectivity index (χ0n) is 19.2. The third-order valence-corrected chi connectivity index (χ3v) is 6.57. The molecule has 10 heteroatoms. The molecule has 0 fully saturated rings. The second-order valence-corrected chi connectivity index (χ2v) is 9.61. The molecule has 35 heavy (non-hydrogen) atoms. The number of esters is 1. The number of anilines is 2. The highest BCUT2D eigenvalue weighted by Crippen LogP contribution is 2.32. The van der Waals surface area contributed by atoms with Gasteiger partial charge in [-0.2, -0.15) is 0 Å². The van der Waals surface area contributed by atoms with Crippen LogP contribution in [0, 0.1) is 13.8 Å². The van der Waals surface area contributed by atoms with Gasteiger partial charge >= 0.3 is 5.97 Å². The monoisotopic (exact) mass is 496 g/mol. The molecule has 182 valence electrons. The summed E-state index contributed by atoms with van der Waals surface area (Å²) in [5, 5.41) is 2.70. The predicted octanol–water partition coefficient (Wildman–Crippen LogP) is 3.67. The molecule has 0 saturated carbocycles. The first kappa shape index (κ1) is 24.1. The summed E-state index contributed by atoms with van der Waals surface area (Å²) in [4.78, 5) is 24.5. The molecule has 0 atom stereocenters. The van der Waals surface area contributed by atoms with Crippen LogP contribution in [0.3, 0.4) is 0 Å². The van der Waals surface area contributed by atoms with Gasteiger partial charge in [-0.3, -0.25) is 9.52 Å². The van der Waals surface area contributed by atoms with E-state index in [9.17, 15) is 18.0 Å². The Hall–Kier alpha value is -4.05. The lowest BCUT2D eigenvalue weighted by Crippen LogP contribution is -2.21. The third-order valence-electron chi connectivity index (χ3n) is 5.19. The molecule has 3 aromatic carbocycles. The van der Waals surface area contributed by atoms with Crippen molar-refractivity contribution in [2.75, 3.05) is 29.9 Å². The fourth-order valence-electron chi connectivity index (χ4n) is 3.43. The second-order valence-electron chi connectivity index (χ2n) is 7.93. The minimum absolute atomic E-state index is 0.0139. The summed E-state index contributed by atoms with van der Waals surface area (Å²) in [6, 6.07) is 15.6. The summed E-state index contributed by atoms with van der Waals surface area (Å²) >= 11 is 0. The van der Waals surface area contributed by atoms with Crippen molar-refractivity contribution in [2.24, 2.45) is 0 Å². The molecule has 0 saturated heterocycles. The molecule has 0 aliphatic carbocycles. The summed E-state index contributed by atoms with van der Waals surface area (Å²) in [5.41, 5.74) is 3.05. The number of amides is 1. The molecule has 0 aromatic heterocycles. The lowest BCUT2D eigenvalue weighted by molar-refractivity contribution is -0.119. The van der Waals surface area contributed by atoms with Crippen LogP contribution in [0.5, 0.6) is 11.5 Å². The number of hydrogen-bond acceptors (Lipinski definition) is 7. The maximum atomic E-state index is 12.7. The van der Waals surface area contributed by atoms with Gasteiger partial charge in [0.05, 0.1) is 10.5 Å². The Labute approximate surface area is 203 Å². The number of benzene rings is 3. The smallest absolute Gasteiger partial charge is 0.338 e. The number of carbonyl (C=O) groups excluding carboxylic acids is 2. The van der Waals surface area contributed by atoms with Crippen LogP contribution in [0.15, 0.2) is 65.6 Å². The number of rotatable bonds is 7. The van der Waals surface area contributed by atoms with Crippen LogP contribution in [0.25, 0.3) is 0 Å². The predicted molar refractivity (Wildman–Crippen MR) is 130 cm³/mol. The first-order valence-corrected chi connectivity index (χ1v) is 12.3. The molecule has 0 radical (unpaired) electrons. The van der Waals surface area contributed by atoms with Crippen molar-refractivity contribution < 1.29 is 32.2 Å². The number of hydrogen-bond donors (Lipinski definition) is 2. The lowest BCUT2D eigenvalue weighted by Gasteiger charge is -2.19. The Morgan fingerprint density at radius 3 is 2.34 bits per heavy atom. The fourth-order valence-corrected chi connectivity index (χ4v) is 4.51. The van der Waals surface area contributed by atoms with E-state index in [2.05, 4.69) is 10.0 Å². The van der Waals surface area contributed by atoms with Crippen LogP contribution in [0.4, 0.5) is 11.4 Å². The Balaban J connectivity index is 1.34. The van der Waals surface area contributed by atoms with Gasteiger partial charge in [-0.05, 0) is 61.9 Å². The Bertz CT molecular complexity index is 1370. The van der Waals surface area contributed by atoms with Gasteiger partial charge in [0, 0.05) is 17.4 Å². The number of nitrogens with one attached hydrogen (secondary N) is 2. The molecular weight excluding hydrogens is 472 g/mol. The van der Waals surface area contributed by atoms with Crippen LogP contribution in [-0.4, -0.2) is 40.1 Å². The molecule has 0 bridgehead atoms. The van der Waals surface area contributed by atoms with Crippen molar-refractivity contribution in [3.8, 4) is 11.5 Å². The summed E-state index contributed by atoms with van der Waals surface area (Å²) < 4.78 is 43.8. The SMILES string of the molecule is Cc1ccc(NC(=O)COC(=O)c2ccc(NS(=O)(=O)c3ccc4c(c3)OCCO4)cc2)c(C)c1. The Morgan fingerprint density at radius 2 is 1.63 bits per heavy atom. The molecule has 1 aliphatic rings. The van der Waals surface area contributed by atoms with Gasteiger partial charge in [-0.15, -0.1) is 0 Å². The normalized spacial score (nSPS) is 12.5. The molecule has 1 heterocycles. The van der Waals surface area contributed by atoms with E-state index in [0.717, 1.165) is 11.1 Å². The van der Waals surface area contributed by atoms with Crippen LogP contribution in [0.1, 0.15) is 21.5 Å². The van der Waals surface area contributed by atoms with Crippen molar-refractivity contribution in [1.29, 1.82) is 0 Å².